The lowest BCUT2D eigenvalue weighted by Gasteiger charge is -2.16. The zero-order chi connectivity index (χ0) is 19.7. The Morgan fingerprint density at radius 1 is 0.893 bits per heavy atom. The average molecular weight is 389 g/mol. The Kier molecular flexibility index (Phi) is 4.92. The molecule has 0 atom stereocenters. The highest BCUT2D eigenvalue weighted by atomic mass is 32.2. The van der Waals surface area contributed by atoms with E-state index in [9.17, 15) is 9.59 Å². The molecule has 28 heavy (non-hydrogen) atoms. The lowest BCUT2D eigenvalue weighted by molar-refractivity contribution is -0.119. The number of hydrogen-bond acceptors (Lipinski definition) is 4. The maximum atomic E-state index is 13.3. The molecule has 0 bridgehead atoms. The van der Waals surface area contributed by atoms with Gasteiger partial charge in [0.1, 0.15) is 5.76 Å². The van der Waals surface area contributed by atoms with Gasteiger partial charge < -0.3 is 4.42 Å². The Morgan fingerprint density at radius 2 is 1.68 bits per heavy atom. The van der Waals surface area contributed by atoms with Gasteiger partial charge in [0.05, 0.1) is 28.2 Å². The predicted molar refractivity (Wildman–Crippen MR) is 112 cm³/mol. The third-order valence-corrected chi connectivity index (χ3v) is 5.89. The molecule has 0 fully saturated rings. The van der Waals surface area contributed by atoms with Crippen LogP contribution in [0.5, 0.6) is 0 Å². The van der Waals surface area contributed by atoms with Crippen molar-refractivity contribution < 1.29 is 14.0 Å². The van der Waals surface area contributed by atoms with Gasteiger partial charge in [0, 0.05) is 0 Å². The van der Waals surface area contributed by atoms with Crippen molar-refractivity contribution >= 4 is 34.8 Å². The number of anilines is 1. The first-order valence-electron chi connectivity index (χ1n) is 8.97. The number of imide groups is 1. The van der Waals surface area contributed by atoms with Crippen molar-refractivity contribution in [2.45, 2.75) is 19.6 Å². The summed E-state index contributed by atoms with van der Waals surface area (Å²) in [5.74, 6) is 0.665. The molecular weight excluding hydrogens is 370 g/mol. The van der Waals surface area contributed by atoms with Crippen molar-refractivity contribution in [1.82, 2.24) is 0 Å². The summed E-state index contributed by atoms with van der Waals surface area (Å²) in [5.41, 5.74) is 3.94. The van der Waals surface area contributed by atoms with Gasteiger partial charge in [0.15, 0.2) is 0 Å². The summed E-state index contributed by atoms with van der Waals surface area (Å²) in [7, 11) is 0. The second kappa shape index (κ2) is 7.52. The van der Waals surface area contributed by atoms with Gasteiger partial charge in [0.25, 0.3) is 11.8 Å². The molecule has 0 unspecified atom stereocenters. The number of nitrogens with zero attached hydrogens (tertiary/aromatic N) is 1. The number of hydrogen-bond donors (Lipinski definition) is 0. The average Bonchev–Trinajstić information content (AvgIpc) is 3.29. The molecule has 2 amide bonds. The van der Waals surface area contributed by atoms with Crippen molar-refractivity contribution in [3.63, 3.8) is 0 Å². The fourth-order valence-corrected chi connectivity index (χ4v) is 4.16. The van der Waals surface area contributed by atoms with Crippen LogP contribution in [0.2, 0.25) is 0 Å². The third-order valence-electron chi connectivity index (χ3n) is 4.79. The van der Waals surface area contributed by atoms with Crippen LogP contribution in [-0.4, -0.2) is 11.8 Å². The quantitative estimate of drug-likeness (QED) is 0.569. The Balaban J connectivity index is 1.75. The van der Waals surface area contributed by atoms with E-state index in [0.717, 1.165) is 22.5 Å². The van der Waals surface area contributed by atoms with Gasteiger partial charge in [-0.2, -0.15) is 0 Å². The zero-order valence-electron chi connectivity index (χ0n) is 15.6. The van der Waals surface area contributed by atoms with E-state index in [0.29, 0.717) is 21.9 Å². The van der Waals surface area contributed by atoms with Gasteiger partial charge in [-0.1, -0.05) is 36.4 Å². The number of thioether (sulfide) groups is 1. The molecule has 0 saturated carbocycles. The van der Waals surface area contributed by atoms with Gasteiger partial charge >= 0.3 is 0 Å². The van der Waals surface area contributed by atoms with Crippen LogP contribution in [0.4, 0.5) is 5.69 Å². The summed E-state index contributed by atoms with van der Waals surface area (Å²) < 4.78 is 5.38. The topological polar surface area (TPSA) is 50.5 Å². The van der Waals surface area contributed by atoms with Gasteiger partial charge in [-0.05, 0) is 54.8 Å². The van der Waals surface area contributed by atoms with Gasteiger partial charge in [0.2, 0.25) is 0 Å². The predicted octanol–water partition coefficient (Wildman–Crippen LogP) is 5.11. The number of aryl methyl sites for hydroxylation is 2. The van der Waals surface area contributed by atoms with Crippen LogP contribution in [0.15, 0.2) is 76.2 Å². The lowest BCUT2D eigenvalue weighted by atomic mass is 10.1. The highest BCUT2D eigenvalue weighted by molar-refractivity contribution is 8.03. The summed E-state index contributed by atoms with van der Waals surface area (Å²) in [4.78, 5) is 28.3. The highest BCUT2D eigenvalue weighted by Gasteiger charge is 2.40. The van der Waals surface area contributed by atoms with Crippen LogP contribution in [0.1, 0.15) is 22.5 Å². The van der Waals surface area contributed by atoms with Crippen molar-refractivity contribution in [2.24, 2.45) is 0 Å². The van der Waals surface area contributed by atoms with Crippen molar-refractivity contribution in [3.05, 3.63) is 94.3 Å². The van der Waals surface area contributed by atoms with Gasteiger partial charge in [-0.25, -0.2) is 4.90 Å². The molecule has 1 aliphatic rings. The fraction of sp³-hybridized carbons (Fsp3) is 0.130. The Morgan fingerprint density at radius 3 is 2.36 bits per heavy atom. The fourth-order valence-electron chi connectivity index (χ4n) is 3.14. The molecule has 4 nitrogen and oxygen atoms in total. The number of carbonyl (C=O) groups is 2. The minimum Gasteiger partial charge on any atom is -0.468 e. The summed E-state index contributed by atoms with van der Waals surface area (Å²) in [6.45, 7) is 3.98. The van der Waals surface area contributed by atoms with E-state index < -0.39 is 0 Å². The van der Waals surface area contributed by atoms with E-state index in [4.69, 9.17) is 4.42 Å². The zero-order valence-corrected chi connectivity index (χ0v) is 16.5. The summed E-state index contributed by atoms with van der Waals surface area (Å²) >= 11 is 1.34. The molecule has 0 N–H and O–H groups in total. The van der Waals surface area contributed by atoms with E-state index in [1.165, 1.54) is 16.7 Å². The van der Waals surface area contributed by atoms with Crippen molar-refractivity contribution in [3.8, 4) is 0 Å². The third kappa shape index (κ3) is 3.29. The molecule has 4 rings (SSSR count). The first-order chi connectivity index (χ1) is 13.6. The highest BCUT2D eigenvalue weighted by Crippen LogP contribution is 2.39. The maximum Gasteiger partial charge on any atom is 0.272 e. The number of benzene rings is 2. The number of carbonyl (C=O) groups excluding carboxylic acids is 2. The molecule has 1 aromatic heterocycles. The lowest BCUT2D eigenvalue weighted by Crippen LogP contribution is -2.31. The Hall–Kier alpha value is -3.05. The molecule has 0 saturated heterocycles. The van der Waals surface area contributed by atoms with Gasteiger partial charge in [-0.15, -0.1) is 11.8 Å². The summed E-state index contributed by atoms with van der Waals surface area (Å²) in [5, 5.41) is 0. The first kappa shape index (κ1) is 18.3. The smallest absolute Gasteiger partial charge is 0.272 e. The van der Waals surface area contributed by atoms with E-state index in [1.807, 2.05) is 74.5 Å². The molecular formula is C23H19NO3S. The second-order valence-corrected chi connectivity index (χ2v) is 7.64. The standard InChI is InChI=1S/C23H19NO3S/c1-15-10-11-18(13-16(15)2)24-22(25)20(17-7-4-3-5-8-17)21(23(24)26)28-14-19-9-6-12-27-19/h3-13H,14H2,1-2H3. The van der Waals surface area contributed by atoms with E-state index in [1.54, 1.807) is 6.26 Å². The van der Waals surface area contributed by atoms with Crippen molar-refractivity contribution in [2.75, 3.05) is 4.90 Å². The van der Waals surface area contributed by atoms with Crippen LogP contribution in [0, 0.1) is 13.8 Å². The molecule has 1 aliphatic heterocycles. The normalized spacial score (nSPS) is 14.3. The van der Waals surface area contributed by atoms with E-state index in [-0.39, 0.29) is 11.8 Å². The van der Waals surface area contributed by atoms with E-state index >= 15 is 0 Å². The molecule has 2 aromatic carbocycles. The second-order valence-electron chi connectivity index (χ2n) is 6.65. The molecule has 3 aromatic rings. The monoisotopic (exact) mass is 389 g/mol. The number of furan rings is 1. The van der Waals surface area contributed by atoms with Crippen LogP contribution < -0.4 is 4.90 Å². The minimum absolute atomic E-state index is 0.288. The first-order valence-corrected chi connectivity index (χ1v) is 9.95. The largest absolute Gasteiger partial charge is 0.468 e. The summed E-state index contributed by atoms with van der Waals surface area (Å²) in [6, 6.07) is 18.7. The van der Waals surface area contributed by atoms with E-state index in [2.05, 4.69) is 0 Å². The minimum atomic E-state index is -0.290. The molecule has 0 radical (unpaired) electrons. The summed E-state index contributed by atoms with van der Waals surface area (Å²) in [6.07, 6.45) is 1.60. The Bertz CT molecular complexity index is 1070. The maximum absolute atomic E-state index is 13.3. The van der Waals surface area contributed by atoms with Gasteiger partial charge in [-0.3, -0.25) is 9.59 Å². The van der Waals surface area contributed by atoms with Crippen LogP contribution in [-0.2, 0) is 15.3 Å². The molecule has 140 valence electrons. The molecule has 0 aliphatic carbocycles. The SMILES string of the molecule is Cc1ccc(N2C(=O)C(SCc3ccco3)=C(c3ccccc3)C2=O)cc1C. The molecule has 5 heteroatoms. The molecule has 0 spiro atoms. The van der Waals surface area contributed by atoms with Crippen molar-refractivity contribution in [1.29, 1.82) is 0 Å². The number of rotatable bonds is 5. The van der Waals surface area contributed by atoms with Crippen LogP contribution in [0.25, 0.3) is 5.57 Å². The van der Waals surface area contributed by atoms with Crippen LogP contribution >= 0.6 is 11.8 Å². The Labute approximate surface area is 167 Å². The molecule has 2 heterocycles. The van der Waals surface area contributed by atoms with Crippen LogP contribution in [0.3, 0.4) is 0 Å². The number of amides is 2.